The van der Waals surface area contributed by atoms with Crippen molar-refractivity contribution in [2.45, 2.75) is 11.6 Å². The Hall–Kier alpha value is -3.57. The van der Waals surface area contributed by atoms with Crippen molar-refractivity contribution in [1.29, 1.82) is 0 Å². The van der Waals surface area contributed by atoms with E-state index in [1.807, 2.05) is 24.3 Å². The van der Waals surface area contributed by atoms with Gasteiger partial charge in [-0.05, 0) is 29.8 Å². The standard InChI is InChI=1S/C18H17N7O3S/c1-28-15-8-6-13(7-9-15)24-18(29)16(10-19-24)17-20-21-22-23(17)11-12-2-4-14(5-3-12)25(26)27/h2-10,21-22,29H,11H2,1H3. The van der Waals surface area contributed by atoms with Gasteiger partial charge < -0.3 is 4.74 Å². The number of non-ortho nitro benzene ring substituents is 1. The van der Waals surface area contributed by atoms with Gasteiger partial charge in [0, 0.05) is 12.1 Å². The van der Waals surface area contributed by atoms with E-state index in [4.69, 9.17) is 4.74 Å². The van der Waals surface area contributed by atoms with Gasteiger partial charge in [-0.1, -0.05) is 12.1 Å². The molecular formula is C18H17N7O3S. The van der Waals surface area contributed by atoms with Crippen molar-refractivity contribution in [2.75, 3.05) is 7.11 Å². The molecule has 1 aliphatic heterocycles. The maximum atomic E-state index is 10.8. The Bertz CT molecular complexity index is 1060. The second kappa shape index (κ2) is 7.81. The third-order valence-electron chi connectivity index (χ3n) is 4.39. The highest BCUT2D eigenvalue weighted by molar-refractivity contribution is 7.80. The molecule has 148 valence electrons. The molecule has 11 heteroatoms. The molecule has 0 fully saturated rings. The summed E-state index contributed by atoms with van der Waals surface area (Å²) in [5, 5.41) is 21.9. The maximum Gasteiger partial charge on any atom is 0.269 e. The molecule has 2 N–H and O–H groups in total. The summed E-state index contributed by atoms with van der Waals surface area (Å²) in [5.41, 5.74) is 8.16. The summed E-state index contributed by atoms with van der Waals surface area (Å²) < 4.78 is 6.88. The van der Waals surface area contributed by atoms with E-state index in [0.717, 1.165) is 22.6 Å². The van der Waals surface area contributed by atoms with Gasteiger partial charge in [0.25, 0.3) is 5.69 Å². The van der Waals surface area contributed by atoms with Crippen LogP contribution in [0.4, 0.5) is 5.69 Å². The molecular weight excluding hydrogens is 394 g/mol. The lowest BCUT2D eigenvalue weighted by atomic mass is 10.2. The normalized spacial score (nSPS) is 13.2. The van der Waals surface area contributed by atoms with Crippen LogP contribution in [0.25, 0.3) is 5.69 Å². The number of hydrogen-bond donors (Lipinski definition) is 3. The Morgan fingerprint density at radius 3 is 2.55 bits per heavy atom. The van der Waals surface area contributed by atoms with Crippen molar-refractivity contribution in [3.63, 3.8) is 0 Å². The summed E-state index contributed by atoms with van der Waals surface area (Å²) in [4.78, 5) is 10.4. The summed E-state index contributed by atoms with van der Waals surface area (Å²) >= 11 is 4.63. The van der Waals surface area contributed by atoms with Gasteiger partial charge in [-0.3, -0.25) is 15.1 Å². The number of nitro groups is 1. The lowest BCUT2D eigenvalue weighted by Crippen LogP contribution is -2.40. The smallest absolute Gasteiger partial charge is 0.269 e. The monoisotopic (exact) mass is 411 g/mol. The van der Waals surface area contributed by atoms with E-state index in [0.29, 0.717) is 17.4 Å². The predicted octanol–water partition coefficient (Wildman–Crippen LogP) is 2.26. The minimum atomic E-state index is -0.424. The fourth-order valence-electron chi connectivity index (χ4n) is 2.89. The molecule has 0 atom stereocenters. The van der Waals surface area contributed by atoms with E-state index in [-0.39, 0.29) is 5.69 Å². The number of ether oxygens (including phenoxy) is 1. The average molecular weight is 411 g/mol. The van der Waals surface area contributed by atoms with Crippen LogP contribution in [0.2, 0.25) is 0 Å². The second-order valence-electron chi connectivity index (χ2n) is 6.16. The maximum absolute atomic E-state index is 10.8. The molecule has 0 amide bonds. The van der Waals surface area contributed by atoms with E-state index >= 15 is 0 Å². The van der Waals surface area contributed by atoms with Gasteiger partial charge in [0.1, 0.15) is 10.8 Å². The van der Waals surface area contributed by atoms with Crippen molar-refractivity contribution in [3.05, 3.63) is 76.0 Å². The molecule has 1 aliphatic rings. The summed E-state index contributed by atoms with van der Waals surface area (Å²) in [7, 11) is 1.61. The highest BCUT2D eigenvalue weighted by Gasteiger charge is 2.24. The number of thiol groups is 1. The minimum absolute atomic E-state index is 0.0496. The van der Waals surface area contributed by atoms with Crippen molar-refractivity contribution in [2.24, 2.45) is 5.10 Å². The van der Waals surface area contributed by atoms with Crippen LogP contribution >= 0.6 is 12.6 Å². The zero-order valence-electron chi connectivity index (χ0n) is 15.3. The van der Waals surface area contributed by atoms with Crippen LogP contribution < -0.4 is 15.8 Å². The Kier molecular flexibility index (Phi) is 5.06. The summed E-state index contributed by atoms with van der Waals surface area (Å²) in [6, 6.07) is 13.8. The molecule has 10 nitrogen and oxygen atoms in total. The Balaban J connectivity index is 1.56. The molecule has 2 heterocycles. The highest BCUT2D eigenvalue weighted by Crippen LogP contribution is 2.23. The SMILES string of the molecule is COc1ccc(-n2ncc(C3=NNNN3Cc3ccc([N+](=O)[O-])cc3)c2S)cc1. The molecule has 0 radical (unpaired) electrons. The van der Waals surface area contributed by atoms with Gasteiger partial charge >= 0.3 is 0 Å². The zero-order chi connectivity index (χ0) is 20.4. The van der Waals surface area contributed by atoms with Crippen molar-refractivity contribution >= 4 is 24.2 Å². The number of nitro benzene ring substituents is 1. The third kappa shape index (κ3) is 3.73. The van der Waals surface area contributed by atoms with E-state index < -0.39 is 4.92 Å². The first-order valence-corrected chi connectivity index (χ1v) is 9.02. The number of hydrazine groups is 2. The van der Waals surface area contributed by atoms with Crippen molar-refractivity contribution in [3.8, 4) is 11.4 Å². The van der Waals surface area contributed by atoms with Gasteiger partial charge in [-0.15, -0.1) is 23.3 Å². The molecule has 0 spiro atoms. The number of hydrazone groups is 1. The Morgan fingerprint density at radius 1 is 1.17 bits per heavy atom. The quantitative estimate of drug-likeness (QED) is 0.324. The van der Waals surface area contributed by atoms with E-state index in [9.17, 15) is 10.1 Å². The van der Waals surface area contributed by atoms with Gasteiger partial charge in [-0.2, -0.15) is 5.10 Å². The number of aromatic nitrogens is 2. The topological polar surface area (TPSA) is 110 Å². The molecule has 3 aromatic rings. The summed E-state index contributed by atoms with van der Waals surface area (Å²) in [6.07, 6.45) is 1.68. The van der Waals surface area contributed by atoms with Crippen LogP contribution in [-0.4, -0.2) is 32.7 Å². The van der Waals surface area contributed by atoms with Crippen LogP contribution in [0.5, 0.6) is 5.75 Å². The van der Waals surface area contributed by atoms with Crippen LogP contribution in [0.15, 0.2) is 64.9 Å². The highest BCUT2D eigenvalue weighted by atomic mass is 32.1. The van der Waals surface area contributed by atoms with E-state index in [2.05, 4.69) is 33.9 Å². The first-order chi connectivity index (χ1) is 14.1. The first-order valence-electron chi connectivity index (χ1n) is 8.58. The molecule has 0 aliphatic carbocycles. The van der Waals surface area contributed by atoms with Gasteiger partial charge in [0.05, 0.1) is 36.0 Å². The number of hydrogen-bond acceptors (Lipinski definition) is 9. The number of nitrogens with one attached hydrogen (secondary N) is 2. The number of amidine groups is 1. The first kappa shape index (κ1) is 18.8. The molecule has 0 saturated carbocycles. The lowest BCUT2D eigenvalue weighted by Gasteiger charge is -2.18. The number of nitrogens with zero attached hydrogens (tertiary/aromatic N) is 5. The molecule has 1 aromatic heterocycles. The molecule has 4 rings (SSSR count). The van der Waals surface area contributed by atoms with Crippen molar-refractivity contribution < 1.29 is 9.66 Å². The predicted molar refractivity (Wildman–Crippen MR) is 109 cm³/mol. The number of benzene rings is 2. The Morgan fingerprint density at radius 2 is 1.90 bits per heavy atom. The van der Waals surface area contributed by atoms with Crippen molar-refractivity contribution in [1.82, 2.24) is 25.9 Å². The number of methoxy groups -OCH3 is 1. The lowest BCUT2D eigenvalue weighted by molar-refractivity contribution is -0.384. The van der Waals surface area contributed by atoms with Crippen LogP contribution in [0.3, 0.4) is 0 Å². The molecule has 0 saturated heterocycles. The molecule has 29 heavy (non-hydrogen) atoms. The van der Waals surface area contributed by atoms with E-state index in [1.165, 1.54) is 12.1 Å². The van der Waals surface area contributed by atoms with Gasteiger partial charge in [0.2, 0.25) is 0 Å². The zero-order valence-corrected chi connectivity index (χ0v) is 16.2. The summed E-state index contributed by atoms with van der Waals surface area (Å²) in [6.45, 7) is 0.435. The Labute approximate surface area is 171 Å². The fraction of sp³-hybridized carbons (Fsp3) is 0.111. The van der Waals surface area contributed by atoms with Crippen LogP contribution in [0, 0.1) is 10.1 Å². The fourth-order valence-corrected chi connectivity index (χ4v) is 3.21. The number of rotatable bonds is 6. The second-order valence-corrected chi connectivity index (χ2v) is 6.58. The van der Waals surface area contributed by atoms with Crippen LogP contribution in [-0.2, 0) is 6.54 Å². The molecule has 2 aromatic carbocycles. The largest absolute Gasteiger partial charge is 0.497 e. The average Bonchev–Trinajstić information content (AvgIpc) is 3.34. The summed E-state index contributed by atoms with van der Waals surface area (Å²) in [5.74, 6) is 1.36. The minimum Gasteiger partial charge on any atom is -0.497 e. The van der Waals surface area contributed by atoms with Gasteiger partial charge in [0.15, 0.2) is 5.84 Å². The van der Waals surface area contributed by atoms with Gasteiger partial charge in [-0.25, -0.2) is 10.2 Å². The molecule has 0 unspecified atom stereocenters. The third-order valence-corrected chi connectivity index (χ3v) is 4.82. The van der Waals surface area contributed by atoms with Crippen LogP contribution in [0.1, 0.15) is 11.1 Å². The van der Waals surface area contributed by atoms with E-state index in [1.54, 1.807) is 35.1 Å². The molecule has 0 bridgehead atoms.